The van der Waals surface area contributed by atoms with E-state index >= 15 is 0 Å². The SMILES string of the molecule is Cc1nc(C)n2c(C=O)cccc12. The maximum Gasteiger partial charge on any atom is 0.166 e. The predicted molar refractivity (Wildman–Crippen MR) is 50.1 cm³/mol. The molecule has 0 aromatic carbocycles. The summed E-state index contributed by atoms with van der Waals surface area (Å²) >= 11 is 0. The van der Waals surface area contributed by atoms with Crippen molar-refractivity contribution in [1.82, 2.24) is 9.38 Å². The minimum atomic E-state index is 0.649. The third-order valence-corrected chi connectivity index (χ3v) is 2.16. The summed E-state index contributed by atoms with van der Waals surface area (Å²) in [6.07, 6.45) is 0.848. The minimum absolute atomic E-state index is 0.649. The Hall–Kier alpha value is -1.64. The van der Waals surface area contributed by atoms with E-state index in [1.54, 1.807) is 6.07 Å². The van der Waals surface area contributed by atoms with Crippen LogP contribution in [0.1, 0.15) is 22.0 Å². The van der Waals surface area contributed by atoms with Crippen molar-refractivity contribution < 1.29 is 4.79 Å². The zero-order valence-electron chi connectivity index (χ0n) is 7.61. The number of carbonyl (C=O) groups is 1. The van der Waals surface area contributed by atoms with Gasteiger partial charge in [-0.2, -0.15) is 0 Å². The minimum Gasteiger partial charge on any atom is -0.296 e. The molecule has 3 nitrogen and oxygen atoms in total. The van der Waals surface area contributed by atoms with Crippen LogP contribution in [0.4, 0.5) is 0 Å². The molecule has 0 unspecified atom stereocenters. The van der Waals surface area contributed by atoms with E-state index in [2.05, 4.69) is 4.98 Å². The highest BCUT2D eigenvalue weighted by atomic mass is 16.1. The number of aryl methyl sites for hydroxylation is 2. The average molecular weight is 174 g/mol. The fraction of sp³-hybridized carbons (Fsp3) is 0.200. The quantitative estimate of drug-likeness (QED) is 0.617. The van der Waals surface area contributed by atoms with Crippen molar-refractivity contribution in [3.8, 4) is 0 Å². The summed E-state index contributed by atoms with van der Waals surface area (Å²) in [5.41, 5.74) is 2.61. The summed E-state index contributed by atoms with van der Waals surface area (Å²) in [7, 11) is 0. The zero-order chi connectivity index (χ0) is 9.42. The zero-order valence-corrected chi connectivity index (χ0v) is 7.61. The lowest BCUT2D eigenvalue weighted by Crippen LogP contribution is -1.96. The van der Waals surface area contributed by atoms with E-state index in [9.17, 15) is 4.79 Å². The van der Waals surface area contributed by atoms with Crippen molar-refractivity contribution in [1.29, 1.82) is 0 Å². The maximum absolute atomic E-state index is 10.7. The van der Waals surface area contributed by atoms with E-state index < -0.39 is 0 Å². The monoisotopic (exact) mass is 174 g/mol. The molecule has 0 bridgehead atoms. The Labute approximate surface area is 76.0 Å². The molecule has 0 N–H and O–H groups in total. The van der Waals surface area contributed by atoms with E-state index in [-0.39, 0.29) is 0 Å². The summed E-state index contributed by atoms with van der Waals surface area (Å²) in [6, 6.07) is 5.61. The molecule has 0 amide bonds. The van der Waals surface area contributed by atoms with Crippen LogP contribution >= 0.6 is 0 Å². The topological polar surface area (TPSA) is 34.4 Å². The van der Waals surface area contributed by atoms with Crippen LogP contribution in [0, 0.1) is 13.8 Å². The molecular weight excluding hydrogens is 164 g/mol. The van der Waals surface area contributed by atoms with Gasteiger partial charge in [0.25, 0.3) is 0 Å². The molecule has 13 heavy (non-hydrogen) atoms. The molecule has 2 aromatic heterocycles. The number of aromatic nitrogens is 2. The standard InChI is InChI=1S/C10H10N2O/c1-7-10-5-3-4-9(6-13)12(10)8(2)11-7/h3-6H,1-2H3. The summed E-state index contributed by atoms with van der Waals surface area (Å²) in [5.74, 6) is 0.857. The largest absolute Gasteiger partial charge is 0.296 e. The molecule has 0 aliphatic heterocycles. The number of nitrogens with zero attached hydrogens (tertiary/aromatic N) is 2. The second-order valence-corrected chi connectivity index (χ2v) is 3.03. The Morgan fingerprint density at radius 1 is 1.38 bits per heavy atom. The van der Waals surface area contributed by atoms with Gasteiger partial charge >= 0.3 is 0 Å². The summed E-state index contributed by atoms with van der Waals surface area (Å²) in [6.45, 7) is 3.84. The van der Waals surface area contributed by atoms with Crippen LogP contribution in [0.2, 0.25) is 0 Å². The first-order chi connectivity index (χ1) is 6.24. The lowest BCUT2D eigenvalue weighted by atomic mass is 10.3. The highest BCUT2D eigenvalue weighted by Gasteiger charge is 2.06. The number of hydrogen-bond acceptors (Lipinski definition) is 2. The van der Waals surface area contributed by atoms with Crippen LogP contribution in [0.25, 0.3) is 5.52 Å². The Morgan fingerprint density at radius 2 is 2.15 bits per heavy atom. The van der Waals surface area contributed by atoms with E-state index in [4.69, 9.17) is 0 Å². The van der Waals surface area contributed by atoms with Gasteiger partial charge in [-0.1, -0.05) is 6.07 Å². The Morgan fingerprint density at radius 3 is 2.85 bits per heavy atom. The fourth-order valence-corrected chi connectivity index (χ4v) is 1.61. The predicted octanol–water partition coefficient (Wildman–Crippen LogP) is 1.76. The van der Waals surface area contributed by atoms with Gasteiger partial charge in [-0.05, 0) is 26.0 Å². The number of aldehydes is 1. The van der Waals surface area contributed by atoms with E-state index in [1.807, 2.05) is 30.4 Å². The molecule has 0 saturated carbocycles. The Kier molecular flexibility index (Phi) is 1.65. The Bertz CT molecular complexity index is 471. The molecule has 66 valence electrons. The first-order valence-electron chi connectivity index (χ1n) is 4.14. The van der Waals surface area contributed by atoms with E-state index in [0.717, 1.165) is 23.3 Å². The van der Waals surface area contributed by atoms with Gasteiger partial charge in [0.15, 0.2) is 6.29 Å². The van der Waals surface area contributed by atoms with Crippen LogP contribution in [0.5, 0.6) is 0 Å². The number of pyridine rings is 1. The van der Waals surface area contributed by atoms with Crippen LogP contribution in [0.3, 0.4) is 0 Å². The molecule has 0 saturated heterocycles. The summed E-state index contributed by atoms with van der Waals surface area (Å²) < 4.78 is 1.86. The van der Waals surface area contributed by atoms with Gasteiger partial charge in [0, 0.05) is 0 Å². The van der Waals surface area contributed by atoms with Gasteiger partial charge in [0.1, 0.15) is 5.82 Å². The number of rotatable bonds is 1. The molecule has 2 aromatic rings. The van der Waals surface area contributed by atoms with Crippen molar-refractivity contribution in [2.45, 2.75) is 13.8 Å². The first-order valence-corrected chi connectivity index (χ1v) is 4.14. The average Bonchev–Trinajstić information content (AvgIpc) is 2.43. The summed E-state index contributed by atoms with van der Waals surface area (Å²) in [5, 5.41) is 0. The molecule has 0 atom stereocenters. The van der Waals surface area contributed by atoms with Crippen molar-refractivity contribution in [3.63, 3.8) is 0 Å². The lowest BCUT2D eigenvalue weighted by Gasteiger charge is -1.99. The third-order valence-electron chi connectivity index (χ3n) is 2.16. The smallest absolute Gasteiger partial charge is 0.166 e. The normalized spacial score (nSPS) is 10.6. The second-order valence-electron chi connectivity index (χ2n) is 3.03. The van der Waals surface area contributed by atoms with Gasteiger partial charge in [-0.25, -0.2) is 4.98 Å². The number of fused-ring (bicyclic) bond motifs is 1. The van der Waals surface area contributed by atoms with Gasteiger partial charge in [-0.3, -0.25) is 9.20 Å². The highest BCUT2D eigenvalue weighted by molar-refractivity contribution is 5.75. The number of hydrogen-bond donors (Lipinski definition) is 0. The molecule has 3 heteroatoms. The second kappa shape index (κ2) is 2.69. The molecule has 0 spiro atoms. The van der Waals surface area contributed by atoms with Crippen LogP contribution in [-0.2, 0) is 0 Å². The van der Waals surface area contributed by atoms with E-state index in [0.29, 0.717) is 5.69 Å². The lowest BCUT2D eigenvalue weighted by molar-refractivity contribution is 0.111. The maximum atomic E-state index is 10.7. The van der Waals surface area contributed by atoms with Crippen LogP contribution < -0.4 is 0 Å². The van der Waals surface area contributed by atoms with Crippen molar-refractivity contribution in [3.05, 3.63) is 35.4 Å². The van der Waals surface area contributed by atoms with Crippen molar-refractivity contribution in [2.75, 3.05) is 0 Å². The molecule has 0 aliphatic carbocycles. The van der Waals surface area contributed by atoms with E-state index in [1.165, 1.54) is 0 Å². The first kappa shape index (κ1) is 7.98. The van der Waals surface area contributed by atoms with Gasteiger partial charge in [-0.15, -0.1) is 0 Å². The van der Waals surface area contributed by atoms with Gasteiger partial charge < -0.3 is 0 Å². The molecule has 2 rings (SSSR count). The van der Waals surface area contributed by atoms with Crippen LogP contribution in [0.15, 0.2) is 18.2 Å². The number of carbonyl (C=O) groups excluding carboxylic acids is 1. The highest BCUT2D eigenvalue weighted by Crippen LogP contribution is 2.13. The van der Waals surface area contributed by atoms with Crippen LogP contribution in [-0.4, -0.2) is 15.7 Å². The fourth-order valence-electron chi connectivity index (χ4n) is 1.61. The van der Waals surface area contributed by atoms with Crippen molar-refractivity contribution in [2.24, 2.45) is 0 Å². The summed E-state index contributed by atoms with van der Waals surface area (Å²) in [4.78, 5) is 15.0. The Balaban J connectivity index is 2.96. The van der Waals surface area contributed by atoms with Gasteiger partial charge in [0.2, 0.25) is 0 Å². The van der Waals surface area contributed by atoms with Gasteiger partial charge in [0.05, 0.1) is 16.9 Å². The molecule has 0 aliphatic rings. The molecule has 2 heterocycles. The molecule has 0 fully saturated rings. The number of imidazole rings is 1. The third kappa shape index (κ3) is 1.04. The van der Waals surface area contributed by atoms with Crippen molar-refractivity contribution >= 4 is 11.8 Å². The molecule has 0 radical (unpaired) electrons. The molecular formula is C10H10N2O.